The van der Waals surface area contributed by atoms with E-state index >= 15 is 0 Å². The number of carbonyl (C=O) groups is 6. The zero-order chi connectivity index (χ0) is 61.0. The fourth-order valence-corrected chi connectivity index (χ4v) is 9.95. The lowest BCUT2D eigenvalue weighted by Crippen LogP contribution is -2.27. The summed E-state index contributed by atoms with van der Waals surface area (Å²) in [5, 5.41) is 9.88. The molecule has 0 bridgehead atoms. The van der Waals surface area contributed by atoms with Crippen molar-refractivity contribution in [3.8, 4) is 40.2 Å². The molecule has 0 saturated heterocycles. The van der Waals surface area contributed by atoms with Crippen molar-refractivity contribution in [3.63, 3.8) is 0 Å². The SMILES string of the molecule is C=CC(=O)OCCCCCCOc1ccc(OOCC2CCC(C(=O)Oc3ccc(OOCCCCCC(=O)Oc4ccc(OOCC5CCC([C@H](OO)c6ccc(OCCCCCCOC(=O)C=C)cc6)CC5)c(C=O)c4)cc3C=O)CC2)cc1. The minimum atomic E-state index is -0.482. The predicted octanol–water partition coefficient (Wildman–Crippen LogP) is 13.2. The number of unbranched alkanes of at least 4 members (excludes halogenated alkanes) is 8. The molecular formula is C66H82O20. The number of aldehydes is 2. The first kappa shape index (κ1) is 67.5. The summed E-state index contributed by atoms with van der Waals surface area (Å²) >= 11 is 0. The maximum absolute atomic E-state index is 13.1. The van der Waals surface area contributed by atoms with Gasteiger partial charge in [0, 0.05) is 18.6 Å². The second-order valence-electron chi connectivity index (χ2n) is 21.3. The van der Waals surface area contributed by atoms with Crippen molar-refractivity contribution < 1.29 is 96.7 Å². The second kappa shape index (κ2) is 39.2. The third-order valence-corrected chi connectivity index (χ3v) is 14.9. The summed E-state index contributed by atoms with van der Waals surface area (Å²) in [6, 6.07) is 23.7. The van der Waals surface area contributed by atoms with E-state index in [0.29, 0.717) is 90.1 Å². The molecule has 0 unspecified atom stereocenters. The van der Waals surface area contributed by atoms with Crippen molar-refractivity contribution in [1.29, 1.82) is 0 Å². The minimum absolute atomic E-state index is 0.0990. The number of hydrogen-bond acceptors (Lipinski definition) is 20. The van der Waals surface area contributed by atoms with Crippen LogP contribution in [-0.4, -0.2) is 88.0 Å². The Morgan fingerprint density at radius 1 is 0.488 bits per heavy atom. The highest BCUT2D eigenvalue weighted by Gasteiger charge is 2.31. The molecule has 86 heavy (non-hydrogen) atoms. The first-order chi connectivity index (χ1) is 42.1. The van der Waals surface area contributed by atoms with Crippen LogP contribution in [-0.2, 0) is 48.2 Å². The summed E-state index contributed by atoms with van der Waals surface area (Å²) < 4.78 is 32.8. The van der Waals surface area contributed by atoms with Crippen LogP contribution in [0, 0.1) is 23.7 Å². The van der Waals surface area contributed by atoms with Crippen molar-refractivity contribution in [2.24, 2.45) is 23.7 Å². The van der Waals surface area contributed by atoms with Crippen LogP contribution < -0.4 is 33.6 Å². The number of ether oxygens (including phenoxy) is 6. The van der Waals surface area contributed by atoms with Gasteiger partial charge in [-0.15, -0.1) is 0 Å². The van der Waals surface area contributed by atoms with Gasteiger partial charge in [0.15, 0.2) is 29.8 Å². The van der Waals surface area contributed by atoms with Gasteiger partial charge < -0.3 is 43.1 Å². The Labute approximate surface area is 502 Å². The lowest BCUT2D eigenvalue weighted by molar-refractivity contribution is -0.296. The maximum atomic E-state index is 13.1. The number of carbonyl (C=O) groups excluding carboxylic acids is 6. The largest absolute Gasteiger partial charge is 0.494 e. The lowest BCUT2D eigenvalue weighted by atomic mass is 9.78. The fraction of sp³-hybridized carbons (Fsp3) is 0.485. The minimum Gasteiger partial charge on any atom is -0.494 e. The first-order valence-electron chi connectivity index (χ1n) is 29.9. The first-order valence-corrected chi connectivity index (χ1v) is 29.9. The normalized spacial score (nSPS) is 16.8. The average Bonchev–Trinajstić information content (AvgIpc) is 3.66. The maximum Gasteiger partial charge on any atom is 0.330 e. The van der Waals surface area contributed by atoms with Gasteiger partial charge in [0.2, 0.25) is 0 Å². The smallest absolute Gasteiger partial charge is 0.330 e. The van der Waals surface area contributed by atoms with Gasteiger partial charge in [-0.1, -0.05) is 31.7 Å². The van der Waals surface area contributed by atoms with Crippen LogP contribution in [0.4, 0.5) is 0 Å². The van der Waals surface area contributed by atoms with E-state index in [0.717, 1.165) is 119 Å². The van der Waals surface area contributed by atoms with Crippen LogP contribution in [0.1, 0.15) is 161 Å². The van der Waals surface area contributed by atoms with Crippen LogP contribution in [0.15, 0.2) is 110 Å². The molecule has 0 aliphatic heterocycles. The highest BCUT2D eigenvalue weighted by molar-refractivity contribution is 5.84. The summed E-state index contributed by atoms with van der Waals surface area (Å²) in [6.45, 7) is 9.56. The molecule has 1 atom stereocenters. The summed E-state index contributed by atoms with van der Waals surface area (Å²) in [7, 11) is 0. The molecule has 0 spiro atoms. The number of esters is 4. The molecule has 2 aliphatic rings. The van der Waals surface area contributed by atoms with Gasteiger partial charge in [0.25, 0.3) is 0 Å². The Kier molecular flexibility index (Phi) is 30.7. The predicted molar refractivity (Wildman–Crippen MR) is 314 cm³/mol. The van der Waals surface area contributed by atoms with Crippen LogP contribution >= 0.6 is 0 Å². The quantitative estimate of drug-likeness (QED) is 0.00824. The van der Waals surface area contributed by atoms with Gasteiger partial charge in [-0.3, -0.25) is 24.4 Å². The van der Waals surface area contributed by atoms with Crippen molar-refractivity contribution in [1.82, 2.24) is 0 Å². The van der Waals surface area contributed by atoms with Gasteiger partial charge in [-0.2, -0.15) is 14.7 Å². The van der Waals surface area contributed by atoms with E-state index in [-0.39, 0.29) is 70.8 Å². The Bertz CT molecular complexity index is 2690. The highest BCUT2D eigenvalue weighted by atomic mass is 17.2. The van der Waals surface area contributed by atoms with E-state index in [1.165, 1.54) is 30.3 Å². The molecular weight excluding hydrogens is 1110 g/mol. The van der Waals surface area contributed by atoms with Crippen LogP contribution in [0.2, 0.25) is 0 Å². The van der Waals surface area contributed by atoms with Gasteiger partial charge in [0.05, 0.1) is 63.3 Å². The molecule has 4 aromatic carbocycles. The molecule has 4 aromatic rings. The molecule has 20 nitrogen and oxygen atoms in total. The average molecular weight is 1200 g/mol. The van der Waals surface area contributed by atoms with E-state index in [2.05, 4.69) is 13.2 Å². The molecule has 20 heteroatoms. The van der Waals surface area contributed by atoms with Crippen LogP contribution in [0.3, 0.4) is 0 Å². The molecule has 6 rings (SSSR count). The standard InChI is InChI=1S/C66H82O20/c1-3-62(69)76-39-13-7-5-11-37-74-55-27-25-51(26-28-55)65(83-73)50-21-17-48(18-22-50)47-80-86-61-36-33-58(42-54(61)45-68)81-64(71)16-10-9-15-41-78-85-59-34-35-60(53(43-59)44-67)82-66(72)52-23-19-49(20-24-52)46-79-84-57-31-29-56(30-32-57)75-38-12-6-8-14-40-77-63(70)4-2/h3-4,25-36,42-45,48-50,52,65,73H,1-2,5-24,37-41,46-47H2/t48?,49?,50?,52?,65-/m0/s1. The van der Waals surface area contributed by atoms with Crippen molar-refractivity contribution in [3.05, 3.63) is 127 Å². The highest BCUT2D eigenvalue weighted by Crippen LogP contribution is 2.40. The summed E-state index contributed by atoms with van der Waals surface area (Å²) in [5.41, 5.74) is 1.15. The summed E-state index contributed by atoms with van der Waals surface area (Å²) in [5.74, 6) is 1.26. The Morgan fingerprint density at radius 2 is 0.965 bits per heavy atom. The molecule has 0 heterocycles. The Morgan fingerprint density at radius 3 is 1.56 bits per heavy atom. The van der Waals surface area contributed by atoms with Gasteiger partial charge in [-0.25, -0.2) is 14.5 Å². The zero-order valence-corrected chi connectivity index (χ0v) is 49.0. The van der Waals surface area contributed by atoms with Crippen molar-refractivity contribution >= 4 is 36.4 Å². The van der Waals surface area contributed by atoms with E-state index in [1.807, 2.05) is 36.4 Å². The van der Waals surface area contributed by atoms with Crippen LogP contribution in [0.5, 0.6) is 40.2 Å². The van der Waals surface area contributed by atoms with E-state index in [4.69, 9.17) is 62.6 Å². The molecule has 0 aromatic heterocycles. The van der Waals surface area contributed by atoms with E-state index < -0.39 is 30.0 Å². The number of benzene rings is 4. The van der Waals surface area contributed by atoms with Crippen molar-refractivity contribution in [2.45, 2.75) is 135 Å². The third kappa shape index (κ3) is 24.8. The topological polar surface area (TPSA) is 243 Å². The zero-order valence-electron chi connectivity index (χ0n) is 49.0. The lowest BCUT2D eigenvalue weighted by Gasteiger charge is -2.32. The monoisotopic (exact) mass is 1190 g/mol. The van der Waals surface area contributed by atoms with Crippen LogP contribution in [0.25, 0.3) is 0 Å². The number of hydrogen-bond donors (Lipinski definition) is 1. The summed E-state index contributed by atoms with van der Waals surface area (Å²) in [4.78, 5) is 110. The van der Waals surface area contributed by atoms with Crippen molar-refractivity contribution in [2.75, 3.05) is 46.2 Å². The van der Waals surface area contributed by atoms with Gasteiger partial charge in [-0.05, 0) is 212 Å². The Balaban J connectivity index is 0.770. The molecule has 0 radical (unpaired) electrons. The van der Waals surface area contributed by atoms with E-state index in [1.54, 1.807) is 18.2 Å². The molecule has 466 valence electrons. The molecule has 2 saturated carbocycles. The van der Waals surface area contributed by atoms with E-state index in [9.17, 15) is 34.0 Å². The summed E-state index contributed by atoms with van der Waals surface area (Å²) in [6.07, 6.45) is 17.9. The fourth-order valence-electron chi connectivity index (χ4n) is 9.95. The molecule has 1 N–H and O–H groups in total. The second-order valence-corrected chi connectivity index (χ2v) is 21.3. The molecule has 2 aliphatic carbocycles. The van der Waals surface area contributed by atoms with Gasteiger partial charge in [0.1, 0.15) is 29.1 Å². The molecule has 2 fully saturated rings. The van der Waals surface area contributed by atoms with Gasteiger partial charge >= 0.3 is 23.9 Å². The molecule has 0 amide bonds. The number of rotatable bonds is 42. The Hall–Kier alpha value is -7.62. The third-order valence-electron chi connectivity index (χ3n) is 14.9.